The predicted octanol–water partition coefficient (Wildman–Crippen LogP) is 3.61. The fraction of sp³-hybridized carbons (Fsp3) is 0.364. The molecule has 2 aliphatic rings. The van der Waals surface area contributed by atoms with Gasteiger partial charge in [0.1, 0.15) is 11.8 Å². The van der Waals surface area contributed by atoms with Crippen LogP contribution in [0.5, 0.6) is 5.75 Å². The summed E-state index contributed by atoms with van der Waals surface area (Å²) in [5.74, 6) is -0.422. The average Bonchev–Trinajstić information content (AvgIpc) is 3.38. The van der Waals surface area contributed by atoms with Gasteiger partial charge in [-0.15, -0.1) is 0 Å². The van der Waals surface area contributed by atoms with Crippen molar-refractivity contribution in [2.24, 2.45) is 0 Å². The number of nitrogens with zero attached hydrogens (tertiary/aromatic N) is 2. The first-order valence-electron chi connectivity index (χ1n) is 10.1. The molecule has 0 radical (unpaired) electrons. The Hall–Kier alpha value is -2.42. The Balaban J connectivity index is 1.72. The van der Waals surface area contributed by atoms with E-state index < -0.39 is 27.9 Å². The van der Waals surface area contributed by atoms with Gasteiger partial charge in [0.25, 0.3) is 5.91 Å². The number of hydrogen-bond donors (Lipinski definition) is 0. The van der Waals surface area contributed by atoms with E-state index in [-0.39, 0.29) is 17.4 Å². The molecule has 1 unspecified atom stereocenters. The lowest BCUT2D eigenvalue weighted by atomic mass is 10.2. The molecular weight excluding hydrogens is 440 g/mol. The van der Waals surface area contributed by atoms with Crippen molar-refractivity contribution in [1.29, 1.82) is 0 Å². The maximum Gasteiger partial charge on any atom is 0.252 e. The number of amides is 2. The summed E-state index contributed by atoms with van der Waals surface area (Å²) >= 11 is 5.92. The second-order valence-electron chi connectivity index (χ2n) is 7.71. The fourth-order valence-electron chi connectivity index (χ4n) is 4.32. The lowest BCUT2D eigenvalue weighted by Crippen LogP contribution is -2.49. The number of halogens is 1. The van der Waals surface area contributed by atoms with Crippen LogP contribution in [0.15, 0.2) is 53.4 Å². The largest absolute Gasteiger partial charge is 0.497 e. The number of anilines is 1. The number of methoxy groups -OCH3 is 1. The number of rotatable bonds is 6. The number of ether oxygens (including phenoxy) is 1. The van der Waals surface area contributed by atoms with E-state index in [2.05, 4.69) is 0 Å². The van der Waals surface area contributed by atoms with Gasteiger partial charge in [0, 0.05) is 11.1 Å². The van der Waals surface area contributed by atoms with Gasteiger partial charge in [-0.3, -0.25) is 9.59 Å². The molecule has 2 aromatic rings. The van der Waals surface area contributed by atoms with Crippen molar-refractivity contribution < 1.29 is 22.7 Å². The van der Waals surface area contributed by atoms with Crippen LogP contribution >= 0.6 is 11.6 Å². The van der Waals surface area contributed by atoms with E-state index in [4.69, 9.17) is 16.3 Å². The number of imide groups is 1. The first-order valence-corrected chi connectivity index (χ1v) is 11.9. The first kappa shape index (κ1) is 21.8. The molecule has 2 aromatic carbocycles. The number of carbonyl (C=O) groups is 2. The Morgan fingerprint density at radius 1 is 1.00 bits per heavy atom. The zero-order valence-electron chi connectivity index (χ0n) is 17.0. The first-order chi connectivity index (χ1) is 14.8. The van der Waals surface area contributed by atoms with E-state index in [0.29, 0.717) is 29.3 Å². The third-order valence-electron chi connectivity index (χ3n) is 5.83. The molecule has 1 atom stereocenters. The minimum Gasteiger partial charge on any atom is -0.497 e. The van der Waals surface area contributed by atoms with Gasteiger partial charge >= 0.3 is 0 Å². The lowest BCUT2D eigenvalue weighted by Gasteiger charge is -2.32. The van der Waals surface area contributed by atoms with E-state index in [1.165, 1.54) is 23.5 Å². The van der Waals surface area contributed by atoms with Crippen LogP contribution in [-0.4, -0.2) is 43.7 Å². The Morgan fingerprint density at radius 3 is 2.19 bits per heavy atom. The van der Waals surface area contributed by atoms with Gasteiger partial charge in [0.15, 0.2) is 0 Å². The molecule has 1 aliphatic heterocycles. The summed E-state index contributed by atoms with van der Waals surface area (Å²) < 4.78 is 33.7. The molecule has 7 nitrogen and oxygen atoms in total. The molecule has 1 aliphatic carbocycles. The van der Waals surface area contributed by atoms with Crippen molar-refractivity contribution in [3.05, 3.63) is 53.6 Å². The number of hydrogen-bond acceptors (Lipinski definition) is 5. The highest BCUT2D eigenvalue weighted by atomic mass is 35.5. The summed E-state index contributed by atoms with van der Waals surface area (Å²) in [4.78, 5) is 27.2. The molecule has 2 fully saturated rings. The molecule has 1 heterocycles. The smallest absolute Gasteiger partial charge is 0.252 e. The van der Waals surface area contributed by atoms with E-state index in [9.17, 15) is 18.0 Å². The Labute approximate surface area is 186 Å². The molecule has 2 amide bonds. The number of sulfonamides is 1. The summed E-state index contributed by atoms with van der Waals surface area (Å²) in [6.07, 6.45) is 2.90. The maximum absolute atomic E-state index is 13.6. The van der Waals surface area contributed by atoms with Crippen LogP contribution in [0.3, 0.4) is 0 Å². The van der Waals surface area contributed by atoms with Crippen LogP contribution in [0.2, 0.25) is 5.02 Å². The van der Waals surface area contributed by atoms with Crippen molar-refractivity contribution in [2.75, 3.05) is 12.0 Å². The SMILES string of the molecule is COc1ccc(S(=O)(=O)N(C2CCCC2)C2CC(=O)N(c3ccc(Cl)cc3)C2=O)cc1. The quantitative estimate of drug-likeness (QED) is 0.612. The fourth-order valence-corrected chi connectivity index (χ4v) is 6.28. The van der Waals surface area contributed by atoms with Crippen molar-refractivity contribution in [1.82, 2.24) is 4.31 Å². The molecule has 1 saturated heterocycles. The average molecular weight is 463 g/mol. The Bertz CT molecular complexity index is 1080. The van der Waals surface area contributed by atoms with Crippen LogP contribution in [0.4, 0.5) is 5.69 Å². The van der Waals surface area contributed by atoms with Gasteiger partial charge < -0.3 is 4.74 Å². The predicted molar refractivity (Wildman–Crippen MR) is 117 cm³/mol. The van der Waals surface area contributed by atoms with Crippen LogP contribution in [-0.2, 0) is 19.6 Å². The lowest BCUT2D eigenvalue weighted by molar-refractivity contribution is -0.122. The third kappa shape index (κ3) is 4.07. The van der Waals surface area contributed by atoms with Crippen LogP contribution in [0.1, 0.15) is 32.1 Å². The Kier molecular flexibility index (Phi) is 6.05. The standard InChI is InChI=1S/C22H23ClN2O5S/c1-30-18-10-12-19(13-11-18)31(28,29)25(17-4-2-3-5-17)20-14-21(26)24(22(20)27)16-8-6-15(23)7-9-16/h6-13,17,20H,2-5,14H2,1H3. The molecule has 0 spiro atoms. The highest BCUT2D eigenvalue weighted by Gasteiger charge is 2.49. The second-order valence-corrected chi connectivity index (χ2v) is 9.99. The van der Waals surface area contributed by atoms with Crippen LogP contribution < -0.4 is 9.64 Å². The highest BCUT2D eigenvalue weighted by Crippen LogP contribution is 2.36. The van der Waals surface area contributed by atoms with Crippen molar-refractivity contribution in [3.63, 3.8) is 0 Å². The molecule has 0 N–H and O–H groups in total. The van der Waals surface area contributed by atoms with Gasteiger partial charge in [0.2, 0.25) is 15.9 Å². The summed E-state index contributed by atoms with van der Waals surface area (Å²) in [7, 11) is -2.50. The van der Waals surface area contributed by atoms with Gasteiger partial charge in [-0.25, -0.2) is 13.3 Å². The van der Waals surface area contributed by atoms with Gasteiger partial charge in [-0.2, -0.15) is 4.31 Å². The van der Waals surface area contributed by atoms with E-state index in [1.54, 1.807) is 36.4 Å². The van der Waals surface area contributed by atoms with E-state index >= 15 is 0 Å². The summed E-state index contributed by atoms with van der Waals surface area (Å²) in [6, 6.07) is 11.0. The van der Waals surface area contributed by atoms with Gasteiger partial charge in [0.05, 0.1) is 24.1 Å². The van der Waals surface area contributed by atoms with E-state index in [1.807, 2.05) is 0 Å². The topological polar surface area (TPSA) is 84.0 Å². The number of carbonyl (C=O) groups excluding carboxylic acids is 2. The van der Waals surface area contributed by atoms with Crippen molar-refractivity contribution in [2.45, 2.75) is 49.1 Å². The zero-order valence-corrected chi connectivity index (χ0v) is 18.6. The molecule has 9 heteroatoms. The molecular formula is C22H23ClN2O5S. The molecule has 0 aromatic heterocycles. The van der Waals surface area contributed by atoms with E-state index in [0.717, 1.165) is 17.7 Å². The number of benzene rings is 2. The minimum absolute atomic E-state index is 0.0744. The Morgan fingerprint density at radius 2 is 1.61 bits per heavy atom. The normalized spacial score (nSPS) is 20.1. The van der Waals surface area contributed by atoms with Gasteiger partial charge in [-0.05, 0) is 61.4 Å². The van der Waals surface area contributed by atoms with Crippen LogP contribution in [0.25, 0.3) is 0 Å². The summed E-state index contributed by atoms with van der Waals surface area (Å²) in [5, 5.41) is 0.481. The van der Waals surface area contributed by atoms with Crippen molar-refractivity contribution in [3.8, 4) is 5.75 Å². The highest BCUT2D eigenvalue weighted by molar-refractivity contribution is 7.89. The minimum atomic E-state index is -4.00. The molecule has 31 heavy (non-hydrogen) atoms. The summed E-state index contributed by atoms with van der Waals surface area (Å²) in [6.45, 7) is 0. The van der Waals surface area contributed by atoms with Gasteiger partial charge in [-0.1, -0.05) is 24.4 Å². The van der Waals surface area contributed by atoms with Crippen molar-refractivity contribution >= 4 is 39.1 Å². The maximum atomic E-state index is 13.6. The zero-order chi connectivity index (χ0) is 22.2. The molecule has 164 valence electrons. The third-order valence-corrected chi connectivity index (χ3v) is 8.06. The molecule has 0 bridgehead atoms. The monoisotopic (exact) mass is 462 g/mol. The molecule has 4 rings (SSSR count). The van der Waals surface area contributed by atoms with Crippen LogP contribution in [0, 0.1) is 0 Å². The second kappa shape index (κ2) is 8.61. The molecule has 1 saturated carbocycles. The summed E-state index contributed by atoms with van der Waals surface area (Å²) in [5.41, 5.74) is 0.384.